The monoisotopic (exact) mass is 414 g/mol. The molecule has 0 radical (unpaired) electrons. The van der Waals surface area contributed by atoms with E-state index in [1.807, 2.05) is 37.3 Å². The molecule has 1 amide bonds. The zero-order valence-corrected chi connectivity index (χ0v) is 18.3. The predicted octanol–water partition coefficient (Wildman–Crippen LogP) is 5.14. The van der Waals surface area contributed by atoms with Crippen LogP contribution in [0.2, 0.25) is 5.02 Å². The fourth-order valence-corrected chi connectivity index (χ4v) is 4.31. The highest BCUT2D eigenvalue weighted by Crippen LogP contribution is 2.26. The van der Waals surface area contributed by atoms with E-state index in [1.54, 1.807) is 7.11 Å². The Labute approximate surface area is 179 Å². The lowest BCUT2D eigenvalue weighted by atomic mass is 9.95. The Kier molecular flexibility index (Phi) is 7.57. The number of carbonyl (C=O) groups excluding carboxylic acids is 1. The first-order valence-electron chi connectivity index (χ1n) is 10.4. The minimum Gasteiger partial charge on any atom is -0.496 e. The van der Waals surface area contributed by atoms with E-state index >= 15 is 0 Å². The highest BCUT2D eigenvalue weighted by Gasteiger charge is 2.27. The SMILES string of the molecule is CC[C@@H](NC(=O)[C@@H]1CCCN(Cc2ccccc2Cl)C1)c1ccc(OC)c(C)c1. The highest BCUT2D eigenvalue weighted by atomic mass is 35.5. The Balaban J connectivity index is 1.63. The van der Waals surface area contributed by atoms with Gasteiger partial charge in [0.2, 0.25) is 5.91 Å². The number of hydrogen-bond acceptors (Lipinski definition) is 3. The molecule has 1 aliphatic heterocycles. The Morgan fingerprint density at radius 1 is 1.31 bits per heavy atom. The Hall–Kier alpha value is -2.04. The third kappa shape index (κ3) is 5.52. The van der Waals surface area contributed by atoms with Crippen molar-refractivity contribution >= 4 is 17.5 Å². The fourth-order valence-electron chi connectivity index (χ4n) is 4.11. The molecule has 1 saturated heterocycles. The highest BCUT2D eigenvalue weighted by molar-refractivity contribution is 6.31. The summed E-state index contributed by atoms with van der Waals surface area (Å²) in [7, 11) is 1.68. The first kappa shape index (κ1) is 21.7. The summed E-state index contributed by atoms with van der Waals surface area (Å²) in [5, 5.41) is 4.07. The Morgan fingerprint density at radius 2 is 2.10 bits per heavy atom. The van der Waals surface area contributed by atoms with Gasteiger partial charge in [-0.1, -0.05) is 48.9 Å². The zero-order chi connectivity index (χ0) is 20.8. The maximum atomic E-state index is 13.0. The van der Waals surface area contributed by atoms with Crippen molar-refractivity contribution in [3.8, 4) is 5.75 Å². The van der Waals surface area contributed by atoms with Gasteiger partial charge in [0.1, 0.15) is 5.75 Å². The molecule has 1 heterocycles. The molecule has 1 fully saturated rings. The average Bonchev–Trinajstić information content (AvgIpc) is 2.73. The molecule has 0 saturated carbocycles. The van der Waals surface area contributed by atoms with E-state index in [0.717, 1.165) is 66.4 Å². The maximum Gasteiger partial charge on any atom is 0.224 e. The second kappa shape index (κ2) is 10.1. The van der Waals surface area contributed by atoms with E-state index in [1.165, 1.54) is 0 Å². The van der Waals surface area contributed by atoms with Crippen molar-refractivity contribution in [1.82, 2.24) is 10.2 Å². The number of nitrogens with one attached hydrogen (secondary N) is 1. The molecule has 1 aliphatic rings. The second-order valence-corrected chi connectivity index (χ2v) is 8.27. The van der Waals surface area contributed by atoms with Gasteiger partial charge in [-0.2, -0.15) is 0 Å². The number of hydrogen-bond donors (Lipinski definition) is 1. The van der Waals surface area contributed by atoms with E-state index in [2.05, 4.69) is 29.3 Å². The third-order valence-corrected chi connectivity index (χ3v) is 6.14. The van der Waals surface area contributed by atoms with Gasteiger partial charge in [0.05, 0.1) is 19.1 Å². The van der Waals surface area contributed by atoms with Crippen LogP contribution in [0.3, 0.4) is 0 Å². The van der Waals surface area contributed by atoms with Crippen LogP contribution in [0.25, 0.3) is 0 Å². The Bertz CT molecular complexity index is 839. The van der Waals surface area contributed by atoms with Crippen LogP contribution >= 0.6 is 11.6 Å². The summed E-state index contributed by atoms with van der Waals surface area (Å²) in [4.78, 5) is 15.4. The van der Waals surface area contributed by atoms with Crippen molar-refractivity contribution in [2.75, 3.05) is 20.2 Å². The van der Waals surface area contributed by atoms with Crippen molar-refractivity contribution in [1.29, 1.82) is 0 Å². The minimum absolute atomic E-state index is 0.0135. The van der Waals surface area contributed by atoms with Crippen molar-refractivity contribution in [3.05, 3.63) is 64.2 Å². The predicted molar refractivity (Wildman–Crippen MR) is 118 cm³/mol. The minimum atomic E-state index is 0.0135. The smallest absolute Gasteiger partial charge is 0.224 e. The molecule has 3 rings (SSSR count). The summed E-state index contributed by atoms with van der Waals surface area (Å²) >= 11 is 6.32. The topological polar surface area (TPSA) is 41.6 Å². The molecule has 0 aromatic heterocycles. The molecular weight excluding hydrogens is 384 g/mol. The number of likely N-dealkylation sites (tertiary alicyclic amines) is 1. The lowest BCUT2D eigenvalue weighted by Gasteiger charge is -2.33. The number of amides is 1. The van der Waals surface area contributed by atoms with Crippen LogP contribution in [0.15, 0.2) is 42.5 Å². The van der Waals surface area contributed by atoms with Crippen LogP contribution in [0.1, 0.15) is 48.9 Å². The molecule has 1 N–H and O–H groups in total. The number of halogens is 1. The van der Waals surface area contributed by atoms with Gasteiger partial charge in [0, 0.05) is 18.1 Å². The van der Waals surface area contributed by atoms with Crippen molar-refractivity contribution < 1.29 is 9.53 Å². The number of nitrogens with zero attached hydrogens (tertiary/aromatic N) is 1. The molecule has 29 heavy (non-hydrogen) atoms. The molecule has 4 nitrogen and oxygen atoms in total. The van der Waals surface area contributed by atoms with Gasteiger partial charge < -0.3 is 10.1 Å². The molecule has 156 valence electrons. The Morgan fingerprint density at radius 3 is 2.79 bits per heavy atom. The summed E-state index contributed by atoms with van der Waals surface area (Å²) in [5.41, 5.74) is 3.33. The molecule has 0 bridgehead atoms. The largest absolute Gasteiger partial charge is 0.496 e. The number of benzene rings is 2. The van der Waals surface area contributed by atoms with Crippen LogP contribution in [-0.2, 0) is 11.3 Å². The molecule has 2 aromatic rings. The van der Waals surface area contributed by atoms with E-state index in [9.17, 15) is 4.79 Å². The third-order valence-electron chi connectivity index (χ3n) is 5.77. The second-order valence-electron chi connectivity index (χ2n) is 7.86. The van der Waals surface area contributed by atoms with Crippen molar-refractivity contribution in [2.45, 2.75) is 45.7 Å². The molecular formula is C24H31ClN2O2. The van der Waals surface area contributed by atoms with Gasteiger partial charge in [-0.3, -0.25) is 9.69 Å². The summed E-state index contributed by atoms with van der Waals surface area (Å²) in [6, 6.07) is 14.1. The number of piperidine rings is 1. The van der Waals surface area contributed by atoms with Crippen LogP contribution < -0.4 is 10.1 Å². The zero-order valence-electron chi connectivity index (χ0n) is 17.6. The molecule has 0 aliphatic carbocycles. The van der Waals surface area contributed by atoms with E-state index in [0.29, 0.717) is 0 Å². The van der Waals surface area contributed by atoms with Gasteiger partial charge in [0.25, 0.3) is 0 Å². The number of ether oxygens (including phenoxy) is 1. The maximum absolute atomic E-state index is 13.0. The van der Waals surface area contributed by atoms with Gasteiger partial charge in [-0.15, -0.1) is 0 Å². The van der Waals surface area contributed by atoms with E-state index in [4.69, 9.17) is 16.3 Å². The van der Waals surface area contributed by atoms with Gasteiger partial charge in [-0.25, -0.2) is 0 Å². The number of methoxy groups -OCH3 is 1. The average molecular weight is 415 g/mol. The first-order chi connectivity index (χ1) is 14.0. The van der Waals surface area contributed by atoms with Gasteiger partial charge in [-0.05, 0) is 61.6 Å². The summed E-state index contributed by atoms with van der Waals surface area (Å²) in [6.07, 6.45) is 2.82. The summed E-state index contributed by atoms with van der Waals surface area (Å²) < 4.78 is 5.36. The molecule has 2 atom stereocenters. The molecule has 0 unspecified atom stereocenters. The van der Waals surface area contributed by atoms with Gasteiger partial charge in [0.15, 0.2) is 0 Å². The lowest BCUT2D eigenvalue weighted by molar-refractivity contribution is -0.127. The van der Waals surface area contributed by atoms with E-state index < -0.39 is 0 Å². The quantitative estimate of drug-likeness (QED) is 0.682. The number of rotatable bonds is 7. The first-order valence-corrected chi connectivity index (χ1v) is 10.8. The fraction of sp³-hybridized carbons (Fsp3) is 0.458. The van der Waals surface area contributed by atoms with Crippen LogP contribution in [0, 0.1) is 12.8 Å². The van der Waals surface area contributed by atoms with Crippen molar-refractivity contribution in [2.24, 2.45) is 5.92 Å². The number of carbonyl (C=O) groups is 1. The van der Waals surface area contributed by atoms with Crippen LogP contribution in [0.5, 0.6) is 5.75 Å². The van der Waals surface area contributed by atoms with Crippen LogP contribution in [-0.4, -0.2) is 31.0 Å². The van der Waals surface area contributed by atoms with Crippen molar-refractivity contribution in [3.63, 3.8) is 0 Å². The lowest BCUT2D eigenvalue weighted by Crippen LogP contribution is -2.43. The van der Waals surface area contributed by atoms with E-state index in [-0.39, 0.29) is 17.9 Å². The summed E-state index contributed by atoms with van der Waals surface area (Å²) in [5.74, 6) is 1.03. The normalized spacial score (nSPS) is 18.3. The standard InChI is InChI=1S/C24H31ClN2O2/c1-4-22(18-11-12-23(29-3)17(2)14-18)26-24(28)20-9-7-13-27(16-20)15-19-8-5-6-10-21(19)25/h5-6,8,10-12,14,20,22H,4,7,9,13,15-16H2,1-3H3,(H,26,28)/t20-,22-/m1/s1. The summed E-state index contributed by atoms with van der Waals surface area (Å²) in [6.45, 7) is 6.71. The number of aryl methyl sites for hydroxylation is 1. The van der Waals surface area contributed by atoms with Crippen LogP contribution in [0.4, 0.5) is 0 Å². The molecule has 2 aromatic carbocycles. The van der Waals surface area contributed by atoms with Gasteiger partial charge >= 0.3 is 0 Å². The molecule has 5 heteroatoms. The molecule has 0 spiro atoms.